The SMILES string of the molecule is O=C(Nc1ccc(S(=O)(=O)Nc2ccccc2Cl)cc1)[C@H]1COc2ccccc2O1. The van der Waals surface area contributed by atoms with Crippen LogP contribution in [0.4, 0.5) is 11.4 Å². The fourth-order valence-corrected chi connectivity index (χ4v) is 4.16. The molecular formula is C21H17ClN2O5S. The van der Waals surface area contributed by atoms with Gasteiger partial charge in [0.2, 0.25) is 6.10 Å². The number of nitrogens with one attached hydrogen (secondary N) is 2. The largest absolute Gasteiger partial charge is 0.485 e. The van der Waals surface area contributed by atoms with Gasteiger partial charge >= 0.3 is 0 Å². The molecule has 3 aromatic rings. The first-order chi connectivity index (χ1) is 14.4. The summed E-state index contributed by atoms with van der Waals surface area (Å²) >= 11 is 6.01. The van der Waals surface area contributed by atoms with Gasteiger partial charge in [0.25, 0.3) is 15.9 Å². The highest BCUT2D eigenvalue weighted by molar-refractivity contribution is 7.92. The minimum absolute atomic E-state index is 0.0339. The number of sulfonamides is 1. The Morgan fingerprint density at radius 3 is 2.33 bits per heavy atom. The number of fused-ring (bicyclic) bond motifs is 1. The third-order valence-electron chi connectivity index (χ3n) is 4.35. The van der Waals surface area contributed by atoms with E-state index in [0.29, 0.717) is 22.2 Å². The molecule has 0 radical (unpaired) electrons. The molecule has 0 saturated heterocycles. The molecule has 30 heavy (non-hydrogen) atoms. The monoisotopic (exact) mass is 444 g/mol. The normalized spacial score (nSPS) is 15.3. The summed E-state index contributed by atoms with van der Waals surface area (Å²) in [6.45, 7) is 0.0804. The molecule has 1 amide bonds. The van der Waals surface area contributed by atoms with Crippen LogP contribution < -0.4 is 19.5 Å². The second-order valence-electron chi connectivity index (χ2n) is 6.46. The molecule has 1 heterocycles. The molecule has 7 nitrogen and oxygen atoms in total. The number of halogens is 1. The lowest BCUT2D eigenvalue weighted by atomic mass is 10.2. The summed E-state index contributed by atoms with van der Waals surface area (Å²) in [5.74, 6) is 0.687. The van der Waals surface area contributed by atoms with E-state index in [1.54, 1.807) is 42.5 Å². The van der Waals surface area contributed by atoms with E-state index in [0.717, 1.165) is 0 Å². The van der Waals surface area contributed by atoms with Gasteiger partial charge in [0, 0.05) is 5.69 Å². The van der Waals surface area contributed by atoms with Gasteiger partial charge in [-0.05, 0) is 48.5 Å². The third-order valence-corrected chi connectivity index (χ3v) is 6.06. The lowest BCUT2D eigenvalue weighted by Crippen LogP contribution is -2.40. The lowest BCUT2D eigenvalue weighted by molar-refractivity contribution is -0.125. The summed E-state index contributed by atoms with van der Waals surface area (Å²) in [4.78, 5) is 12.5. The number of benzene rings is 3. The minimum atomic E-state index is -3.83. The predicted octanol–water partition coefficient (Wildman–Crippen LogP) is 3.92. The maximum atomic E-state index is 12.6. The molecule has 154 valence electrons. The van der Waals surface area contributed by atoms with Crippen molar-refractivity contribution in [3.63, 3.8) is 0 Å². The minimum Gasteiger partial charge on any atom is -0.485 e. The van der Waals surface area contributed by atoms with Crippen molar-refractivity contribution in [2.45, 2.75) is 11.0 Å². The van der Waals surface area contributed by atoms with Gasteiger partial charge in [-0.15, -0.1) is 0 Å². The van der Waals surface area contributed by atoms with Crippen LogP contribution in [0.15, 0.2) is 77.7 Å². The molecule has 0 bridgehead atoms. The number of hydrogen-bond donors (Lipinski definition) is 2. The highest BCUT2D eigenvalue weighted by Crippen LogP contribution is 2.31. The van der Waals surface area contributed by atoms with Crippen molar-refractivity contribution >= 4 is 38.9 Å². The Balaban J connectivity index is 1.42. The summed E-state index contributed by atoms with van der Waals surface area (Å²) in [5, 5.41) is 2.99. The van der Waals surface area contributed by atoms with Crippen LogP contribution in [-0.4, -0.2) is 27.0 Å². The Hall–Kier alpha value is -3.23. The second kappa shape index (κ2) is 8.25. The summed E-state index contributed by atoms with van der Waals surface area (Å²) in [6.07, 6.45) is -0.815. The van der Waals surface area contributed by atoms with Gasteiger partial charge in [0.15, 0.2) is 11.5 Å². The van der Waals surface area contributed by atoms with Crippen LogP contribution >= 0.6 is 11.6 Å². The fraction of sp³-hybridized carbons (Fsp3) is 0.0952. The average Bonchev–Trinajstić information content (AvgIpc) is 2.75. The average molecular weight is 445 g/mol. The van der Waals surface area contributed by atoms with Crippen LogP contribution in [0.25, 0.3) is 0 Å². The van der Waals surface area contributed by atoms with Gasteiger partial charge in [-0.25, -0.2) is 8.42 Å². The van der Waals surface area contributed by atoms with Crippen LogP contribution in [0.1, 0.15) is 0 Å². The highest BCUT2D eigenvalue weighted by atomic mass is 35.5. The van der Waals surface area contributed by atoms with Crippen LogP contribution in [0.2, 0.25) is 5.02 Å². The van der Waals surface area contributed by atoms with Crippen molar-refractivity contribution < 1.29 is 22.7 Å². The van der Waals surface area contributed by atoms with E-state index in [1.165, 1.54) is 24.3 Å². The van der Waals surface area contributed by atoms with E-state index in [4.69, 9.17) is 21.1 Å². The van der Waals surface area contributed by atoms with Gasteiger partial charge in [-0.2, -0.15) is 0 Å². The number of ether oxygens (including phenoxy) is 2. The Morgan fingerprint density at radius 1 is 0.933 bits per heavy atom. The van der Waals surface area contributed by atoms with Crippen LogP contribution in [0.5, 0.6) is 11.5 Å². The zero-order valence-electron chi connectivity index (χ0n) is 15.5. The third kappa shape index (κ3) is 4.34. The first-order valence-electron chi connectivity index (χ1n) is 8.99. The number of carbonyl (C=O) groups excluding carboxylic acids is 1. The molecule has 1 atom stereocenters. The summed E-state index contributed by atoms with van der Waals surface area (Å²) in [5.41, 5.74) is 0.713. The summed E-state index contributed by atoms with van der Waals surface area (Å²) in [6, 6.07) is 19.4. The molecule has 2 N–H and O–H groups in total. The maximum Gasteiger partial charge on any atom is 0.269 e. The fourth-order valence-electron chi connectivity index (χ4n) is 2.84. The van der Waals surface area contributed by atoms with Crippen molar-refractivity contribution in [3.8, 4) is 11.5 Å². The zero-order chi connectivity index (χ0) is 21.1. The first-order valence-corrected chi connectivity index (χ1v) is 10.9. The zero-order valence-corrected chi connectivity index (χ0v) is 17.1. The van der Waals surface area contributed by atoms with Gasteiger partial charge in [0.05, 0.1) is 15.6 Å². The lowest BCUT2D eigenvalue weighted by Gasteiger charge is -2.25. The van der Waals surface area contributed by atoms with E-state index in [-0.39, 0.29) is 17.2 Å². The van der Waals surface area contributed by atoms with Gasteiger partial charge < -0.3 is 14.8 Å². The Bertz CT molecular complexity index is 1180. The highest BCUT2D eigenvalue weighted by Gasteiger charge is 2.27. The van der Waals surface area contributed by atoms with Crippen molar-refractivity contribution in [3.05, 3.63) is 77.8 Å². The van der Waals surface area contributed by atoms with E-state index in [1.807, 2.05) is 6.07 Å². The van der Waals surface area contributed by atoms with E-state index in [9.17, 15) is 13.2 Å². The quantitative estimate of drug-likeness (QED) is 0.622. The van der Waals surface area contributed by atoms with Crippen molar-refractivity contribution in [2.24, 2.45) is 0 Å². The standard InChI is InChI=1S/C21H17ClN2O5S/c22-16-5-1-2-6-17(16)24-30(26,27)15-11-9-14(10-12-15)23-21(25)20-13-28-18-7-3-4-8-19(18)29-20/h1-12,20,24H,13H2,(H,23,25)/t20-/m1/s1. The molecule has 0 saturated carbocycles. The summed E-state index contributed by atoms with van der Waals surface area (Å²) in [7, 11) is -3.83. The molecule has 9 heteroatoms. The van der Waals surface area contributed by atoms with Gasteiger partial charge in [-0.3, -0.25) is 9.52 Å². The van der Waals surface area contributed by atoms with Gasteiger partial charge in [-0.1, -0.05) is 35.9 Å². The number of carbonyl (C=O) groups is 1. The molecule has 4 rings (SSSR count). The number of amides is 1. The Morgan fingerprint density at radius 2 is 1.60 bits per heavy atom. The Kier molecular flexibility index (Phi) is 5.52. The molecule has 0 aliphatic carbocycles. The summed E-state index contributed by atoms with van der Waals surface area (Å²) < 4.78 is 38.8. The number of rotatable bonds is 5. The maximum absolute atomic E-state index is 12.6. The van der Waals surface area contributed by atoms with Crippen molar-refractivity contribution in [1.29, 1.82) is 0 Å². The molecular weight excluding hydrogens is 428 g/mol. The van der Waals surface area contributed by atoms with E-state index >= 15 is 0 Å². The molecule has 0 spiro atoms. The van der Waals surface area contributed by atoms with Crippen molar-refractivity contribution in [1.82, 2.24) is 0 Å². The van der Waals surface area contributed by atoms with Crippen LogP contribution in [0.3, 0.4) is 0 Å². The molecule has 0 aromatic heterocycles. The van der Waals surface area contributed by atoms with Gasteiger partial charge in [0.1, 0.15) is 6.61 Å². The predicted molar refractivity (Wildman–Crippen MR) is 114 cm³/mol. The number of hydrogen-bond acceptors (Lipinski definition) is 5. The number of anilines is 2. The molecule has 0 unspecified atom stereocenters. The van der Waals surface area contributed by atoms with Crippen LogP contribution in [-0.2, 0) is 14.8 Å². The van der Waals surface area contributed by atoms with Crippen molar-refractivity contribution in [2.75, 3.05) is 16.6 Å². The molecule has 3 aromatic carbocycles. The van der Waals surface area contributed by atoms with Crippen LogP contribution in [0, 0.1) is 0 Å². The smallest absolute Gasteiger partial charge is 0.269 e. The molecule has 1 aliphatic heterocycles. The van der Waals surface area contributed by atoms with E-state index in [2.05, 4.69) is 10.0 Å². The Labute approximate surface area is 178 Å². The first kappa shape index (κ1) is 20.1. The molecule has 1 aliphatic rings. The topological polar surface area (TPSA) is 93.7 Å². The number of para-hydroxylation sites is 3. The van der Waals surface area contributed by atoms with E-state index < -0.39 is 22.0 Å². The molecule has 0 fully saturated rings. The second-order valence-corrected chi connectivity index (χ2v) is 8.55.